The van der Waals surface area contributed by atoms with E-state index in [1.165, 1.54) is 6.21 Å². The lowest BCUT2D eigenvalue weighted by Crippen LogP contribution is -2.24. The van der Waals surface area contributed by atoms with Gasteiger partial charge in [-0.15, -0.1) is 0 Å². The van der Waals surface area contributed by atoms with Crippen molar-refractivity contribution in [3.8, 4) is 11.5 Å². The van der Waals surface area contributed by atoms with Crippen LogP contribution in [0, 0.1) is 6.92 Å². The molecule has 0 aliphatic carbocycles. The van der Waals surface area contributed by atoms with Crippen molar-refractivity contribution < 1.29 is 19.1 Å². The predicted molar refractivity (Wildman–Crippen MR) is 118 cm³/mol. The molecule has 0 spiro atoms. The Bertz CT molecular complexity index is 1050. The van der Waals surface area contributed by atoms with Crippen molar-refractivity contribution in [1.29, 1.82) is 0 Å². The van der Waals surface area contributed by atoms with Gasteiger partial charge >= 0.3 is 5.97 Å². The Morgan fingerprint density at radius 3 is 2.40 bits per heavy atom. The Morgan fingerprint density at radius 2 is 1.70 bits per heavy atom. The molecule has 0 aliphatic heterocycles. The Morgan fingerprint density at radius 1 is 1.00 bits per heavy atom. The van der Waals surface area contributed by atoms with E-state index in [4.69, 9.17) is 9.47 Å². The summed E-state index contributed by atoms with van der Waals surface area (Å²) in [5.74, 6) is 0.217. The van der Waals surface area contributed by atoms with Crippen LogP contribution in [0.1, 0.15) is 21.5 Å². The van der Waals surface area contributed by atoms with Gasteiger partial charge in [-0.3, -0.25) is 4.79 Å². The highest BCUT2D eigenvalue weighted by molar-refractivity contribution is 9.10. The first-order valence-electron chi connectivity index (χ1n) is 9.09. The molecule has 6 nitrogen and oxygen atoms in total. The minimum Gasteiger partial charge on any atom is -0.484 e. The molecule has 0 radical (unpaired) electrons. The van der Waals surface area contributed by atoms with E-state index in [-0.39, 0.29) is 12.5 Å². The molecule has 30 heavy (non-hydrogen) atoms. The van der Waals surface area contributed by atoms with Gasteiger partial charge in [-0.05, 0) is 73.2 Å². The second-order valence-electron chi connectivity index (χ2n) is 6.36. The Hall–Kier alpha value is -3.45. The normalized spacial score (nSPS) is 10.6. The van der Waals surface area contributed by atoms with Crippen LogP contribution in [0.2, 0.25) is 0 Å². The molecule has 0 saturated heterocycles. The molecule has 0 aromatic heterocycles. The van der Waals surface area contributed by atoms with E-state index < -0.39 is 5.97 Å². The molecule has 3 rings (SSSR count). The molecule has 0 bridgehead atoms. The lowest BCUT2D eigenvalue weighted by Gasteiger charge is -2.05. The van der Waals surface area contributed by atoms with Crippen LogP contribution in [0.4, 0.5) is 0 Å². The van der Waals surface area contributed by atoms with Gasteiger partial charge in [0.2, 0.25) is 0 Å². The third-order valence-corrected chi connectivity index (χ3v) is 4.46. The quantitative estimate of drug-likeness (QED) is 0.240. The van der Waals surface area contributed by atoms with E-state index in [2.05, 4.69) is 26.5 Å². The molecule has 0 atom stereocenters. The lowest BCUT2D eigenvalue weighted by atomic mass is 10.1. The van der Waals surface area contributed by atoms with Crippen LogP contribution in [-0.2, 0) is 4.79 Å². The second kappa shape index (κ2) is 10.4. The summed E-state index contributed by atoms with van der Waals surface area (Å²) >= 11 is 3.33. The minimum absolute atomic E-state index is 0.146. The second-order valence-corrected chi connectivity index (χ2v) is 7.28. The largest absolute Gasteiger partial charge is 0.484 e. The van der Waals surface area contributed by atoms with Gasteiger partial charge in [-0.25, -0.2) is 10.2 Å². The van der Waals surface area contributed by atoms with Gasteiger partial charge in [0.05, 0.1) is 11.8 Å². The number of aryl methyl sites for hydroxylation is 1. The summed E-state index contributed by atoms with van der Waals surface area (Å²) in [6.45, 7) is 1.77. The van der Waals surface area contributed by atoms with Crippen LogP contribution in [0.5, 0.6) is 11.5 Å². The summed E-state index contributed by atoms with van der Waals surface area (Å²) in [5.41, 5.74) is 4.61. The number of hydrazone groups is 1. The first-order chi connectivity index (χ1) is 14.5. The van der Waals surface area contributed by atoms with Crippen LogP contribution >= 0.6 is 15.9 Å². The molecular formula is C23H19BrN2O4. The van der Waals surface area contributed by atoms with Gasteiger partial charge in [-0.2, -0.15) is 5.10 Å². The molecule has 1 amide bonds. The number of halogens is 1. The molecule has 3 aromatic carbocycles. The molecule has 152 valence electrons. The molecule has 1 N–H and O–H groups in total. The van der Waals surface area contributed by atoms with Crippen LogP contribution in [-0.4, -0.2) is 24.7 Å². The van der Waals surface area contributed by atoms with Crippen LogP contribution < -0.4 is 14.9 Å². The van der Waals surface area contributed by atoms with E-state index >= 15 is 0 Å². The number of benzene rings is 3. The predicted octanol–water partition coefficient (Wildman–Crippen LogP) is 4.51. The third-order valence-electron chi connectivity index (χ3n) is 3.93. The Labute approximate surface area is 182 Å². The Kier molecular flexibility index (Phi) is 7.34. The average molecular weight is 467 g/mol. The maximum Gasteiger partial charge on any atom is 0.343 e. The van der Waals surface area contributed by atoms with Gasteiger partial charge in [0.15, 0.2) is 6.61 Å². The topological polar surface area (TPSA) is 77.0 Å². The minimum atomic E-state index is -0.418. The number of amides is 1. The number of rotatable bonds is 7. The highest BCUT2D eigenvalue weighted by Gasteiger charge is 2.08. The SMILES string of the molecule is Cc1cccc(C(=O)Oc2ccc(/C=N\NC(=O)COc3ccc(Br)cc3)cc2)c1. The summed E-state index contributed by atoms with van der Waals surface area (Å²) in [6, 6.07) is 21.1. The van der Waals surface area contributed by atoms with Crippen molar-refractivity contribution in [2.24, 2.45) is 5.10 Å². The van der Waals surface area contributed by atoms with Gasteiger partial charge in [0.1, 0.15) is 11.5 Å². The van der Waals surface area contributed by atoms with Crippen molar-refractivity contribution in [3.05, 3.63) is 94.0 Å². The molecule has 0 heterocycles. The number of nitrogens with zero attached hydrogens (tertiary/aromatic N) is 1. The zero-order valence-corrected chi connectivity index (χ0v) is 17.8. The molecule has 0 fully saturated rings. The first kappa shape index (κ1) is 21.3. The summed E-state index contributed by atoms with van der Waals surface area (Å²) in [4.78, 5) is 24.0. The summed E-state index contributed by atoms with van der Waals surface area (Å²) < 4.78 is 11.7. The summed E-state index contributed by atoms with van der Waals surface area (Å²) in [7, 11) is 0. The van der Waals surface area contributed by atoms with Crippen molar-refractivity contribution in [3.63, 3.8) is 0 Å². The van der Waals surface area contributed by atoms with Gasteiger partial charge < -0.3 is 9.47 Å². The number of carbonyl (C=O) groups excluding carboxylic acids is 2. The molecule has 0 aliphatic rings. The number of hydrogen-bond acceptors (Lipinski definition) is 5. The zero-order chi connectivity index (χ0) is 21.3. The fourth-order valence-corrected chi connectivity index (χ4v) is 2.72. The standard InChI is InChI=1S/C23H19BrN2O4/c1-16-3-2-4-18(13-16)23(28)30-21-9-5-17(6-10-21)14-25-26-22(27)15-29-20-11-7-19(24)8-12-20/h2-14H,15H2,1H3,(H,26,27)/b25-14-. The molecule has 0 unspecified atom stereocenters. The zero-order valence-electron chi connectivity index (χ0n) is 16.2. The monoisotopic (exact) mass is 466 g/mol. The first-order valence-corrected chi connectivity index (χ1v) is 9.88. The van der Waals surface area contributed by atoms with Gasteiger partial charge in [0, 0.05) is 4.47 Å². The van der Waals surface area contributed by atoms with E-state index in [9.17, 15) is 9.59 Å². The van der Waals surface area contributed by atoms with Crippen molar-refractivity contribution in [2.75, 3.05) is 6.61 Å². The Balaban J connectivity index is 1.46. The average Bonchev–Trinajstić information content (AvgIpc) is 2.74. The van der Waals surface area contributed by atoms with E-state index in [1.807, 2.05) is 31.2 Å². The summed E-state index contributed by atoms with van der Waals surface area (Å²) in [6.07, 6.45) is 1.49. The third kappa shape index (κ3) is 6.56. The van der Waals surface area contributed by atoms with Crippen LogP contribution in [0.3, 0.4) is 0 Å². The number of nitrogens with one attached hydrogen (secondary N) is 1. The van der Waals surface area contributed by atoms with Crippen molar-refractivity contribution in [1.82, 2.24) is 5.43 Å². The highest BCUT2D eigenvalue weighted by atomic mass is 79.9. The number of hydrogen-bond donors (Lipinski definition) is 1. The van der Waals surface area contributed by atoms with Crippen molar-refractivity contribution in [2.45, 2.75) is 6.92 Å². The maximum atomic E-state index is 12.2. The number of ether oxygens (including phenoxy) is 2. The highest BCUT2D eigenvalue weighted by Crippen LogP contribution is 2.16. The fraction of sp³-hybridized carbons (Fsp3) is 0.0870. The maximum absolute atomic E-state index is 12.2. The van der Waals surface area contributed by atoms with Gasteiger partial charge in [-0.1, -0.05) is 33.6 Å². The smallest absolute Gasteiger partial charge is 0.343 e. The number of carbonyl (C=O) groups is 2. The van der Waals surface area contributed by atoms with Crippen LogP contribution in [0.25, 0.3) is 0 Å². The molecule has 7 heteroatoms. The fourth-order valence-electron chi connectivity index (χ4n) is 2.45. The van der Waals surface area contributed by atoms with E-state index in [0.29, 0.717) is 17.1 Å². The van der Waals surface area contributed by atoms with Crippen molar-refractivity contribution >= 4 is 34.0 Å². The van der Waals surface area contributed by atoms with Crippen LogP contribution in [0.15, 0.2) is 82.4 Å². The molecular weight excluding hydrogens is 448 g/mol. The number of esters is 1. The molecule has 3 aromatic rings. The van der Waals surface area contributed by atoms with E-state index in [1.54, 1.807) is 48.5 Å². The lowest BCUT2D eigenvalue weighted by molar-refractivity contribution is -0.123. The van der Waals surface area contributed by atoms with E-state index in [0.717, 1.165) is 15.6 Å². The van der Waals surface area contributed by atoms with Gasteiger partial charge in [0.25, 0.3) is 5.91 Å². The molecule has 0 saturated carbocycles. The summed E-state index contributed by atoms with van der Waals surface area (Å²) in [5, 5.41) is 3.90.